The Kier molecular flexibility index (Phi) is 20.0. The topological polar surface area (TPSA) is 89.0 Å². The Morgan fingerprint density at radius 1 is 0.914 bits per heavy atom. The summed E-state index contributed by atoms with van der Waals surface area (Å²) in [7, 11) is -1.93. The van der Waals surface area contributed by atoms with Crippen molar-refractivity contribution in [2.24, 2.45) is 0 Å². The van der Waals surface area contributed by atoms with Gasteiger partial charge in [0.05, 0.1) is 19.1 Å². The SMILES string of the molecule is CCCCC/C=C\CC(=[N+]=[N-])C(=O)CC(/C=C/C=C\CCCC(=O)OCC)O[Si](CC)(CC)CC. The van der Waals surface area contributed by atoms with Crippen molar-refractivity contribution >= 4 is 25.8 Å². The highest BCUT2D eigenvalue weighted by Crippen LogP contribution is 2.25. The van der Waals surface area contributed by atoms with Gasteiger partial charge < -0.3 is 14.7 Å². The molecule has 0 aliphatic carbocycles. The average molecular weight is 505 g/mol. The van der Waals surface area contributed by atoms with Crippen molar-refractivity contribution in [1.82, 2.24) is 0 Å². The van der Waals surface area contributed by atoms with Gasteiger partial charge in [-0.25, -0.2) is 0 Å². The van der Waals surface area contributed by atoms with Crippen LogP contribution >= 0.6 is 0 Å². The van der Waals surface area contributed by atoms with Gasteiger partial charge in [-0.3, -0.25) is 9.59 Å². The quantitative estimate of drug-likeness (QED) is 0.0238. The summed E-state index contributed by atoms with van der Waals surface area (Å²) in [5.41, 5.74) is 9.60. The minimum atomic E-state index is -1.93. The maximum Gasteiger partial charge on any atom is 0.338 e. The molecule has 0 fully saturated rings. The summed E-state index contributed by atoms with van der Waals surface area (Å²) in [5.74, 6) is -0.356. The number of carbonyl (C=O) groups is 2. The lowest BCUT2D eigenvalue weighted by molar-refractivity contribution is -0.143. The molecular weight excluding hydrogens is 456 g/mol. The standard InChI is InChI=1S/C28H48N2O4Si/c1-6-11-12-13-16-19-22-26(30-29)27(31)24-25(34-35(8-3,9-4)10-5)21-18-15-14-17-20-23-28(32)33-7-2/h14-16,18-19,21,25H,6-13,17,20,22-24H2,1-5H3/b15-14-,19-16-,21-18+. The monoisotopic (exact) mass is 504 g/mol. The number of rotatable bonds is 21. The molecule has 0 aromatic heterocycles. The van der Waals surface area contributed by atoms with E-state index in [-0.39, 0.29) is 30.0 Å². The van der Waals surface area contributed by atoms with Gasteiger partial charge in [0.2, 0.25) is 5.78 Å². The third-order valence-corrected chi connectivity index (χ3v) is 10.9. The van der Waals surface area contributed by atoms with Gasteiger partial charge in [0.15, 0.2) is 8.32 Å². The zero-order chi connectivity index (χ0) is 26.4. The van der Waals surface area contributed by atoms with Crippen molar-refractivity contribution in [1.29, 1.82) is 0 Å². The van der Waals surface area contributed by atoms with Crippen molar-refractivity contribution in [3.05, 3.63) is 42.0 Å². The zero-order valence-corrected chi connectivity index (χ0v) is 23.8. The molecule has 0 amide bonds. The smallest absolute Gasteiger partial charge is 0.338 e. The number of unbranched alkanes of at least 4 members (excludes halogenated alkanes) is 4. The number of carbonyl (C=O) groups excluding carboxylic acids is 2. The van der Waals surface area contributed by atoms with Crippen molar-refractivity contribution in [2.75, 3.05) is 6.61 Å². The second-order valence-corrected chi connectivity index (χ2v) is 13.5. The van der Waals surface area contributed by atoms with E-state index in [0.29, 0.717) is 19.4 Å². The minimum Gasteiger partial charge on any atom is -0.466 e. The maximum absolute atomic E-state index is 12.9. The highest BCUT2D eigenvalue weighted by atomic mass is 28.4. The average Bonchev–Trinajstić information content (AvgIpc) is 2.86. The third kappa shape index (κ3) is 15.5. The van der Waals surface area contributed by atoms with Gasteiger partial charge in [0.1, 0.15) is 0 Å². The van der Waals surface area contributed by atoms with Gasteiger partial charge in [-0.2, -0.15) is 4.79 Å². The van der Waals surface area contributed by atoms with E-state index >= 15 is 0 Å². The van der Waals surface area contributed by atoms with E-state index in [1.165, 1.54) is 12.8 Å². The lowest BCUT2D eigenvalue weighted by Crippen LogP contribution is -2.40. The van der Waals surface area contributed by atoms with Crippen molar-refractivity contribution in [3.63, 3.8) is 0 Å². The molecule has 0 heterocycles. The first-order chi connectivity index (χ1) is 16.9. The molecule has 0 aromatic carbocycles. The fourth-order valence-electron chi connectivity index (χ4n) is 3.77. The second kappa shape index (κ2) is 21.2. The summed E-state index contributed by atoms with van der Waals surface area (Å²) in [4.78, 5) is 27.6. The van der Waals surface area contributed by atoms with Crippen LogP contribution in [0.5, 0.6) is 0 Å². The normalized spacial score (nSPS) is 12.9. The Bertz CT molecular complexity index is 727. The number of Topliss-reactive ketones (excluding diaryl/α,β-unsaturated/α-hetero) is 1. The number of ether oxygens (including phenoxy) is 1. The molecule has 6 nitrogen and oxygen atoms in total. The van der Waals surface area contributed by atoms with E-state index in [9.17, 15) is 15.1 Å². The molecular formula is C28H48N2O4Si. The molecule has 0 saturated heterocycles. The maximum atomic E-state index is 12.9. The van der Waals surface area contributed by atoms with Crippen molar-refractivity contribution in [3.8, 4) is 0 Å². The first-order valence-corrected chi connectivity index (χ1v) is 16.0. The molecule has 0 aliphatic heterocycles. The summed E-state index contributed by atoms with van der Waals surface area (Å²) >= 11 is 0. The van der Waals surface area contributed by atoms with Crippen LogP contribution in [0.3, 0.4) is 0 Å². The minimum absolute atomic E-state index is 0.158. The van der Waals surface area contributed by atoms with Crippen molar-refractivity contribution < 1.29 is 23.5 Å². The first kappa shape index (κ1) is 32.9. The molecule has 0 N–H and O–H groups in total. The zero-order valence-electron chi connectivity index (χ0n) is 22.8. The predicted molar refractivity (Wildman–Crippen MR) is 147 cm³/mol. The molecule has 0 radical (unpaired) electrons. The second-order valence-electron chi connectivity index (χ2n) is 8.76. The largest absolute Gasteiger partial charge is 0.466 e. The number of nitrogens with zero attached hydrogens (tertiary/aromatic N) is 2. The van der Waals surface area contributed by atoms with Crippen LogP contribution in [-0.2, 0) is 18.8 Å². The molecule has 0 aliphatic rings. The number of hydrogen-bond acceptors (Lipinski definition) is 4. The van der Waals surface area contributed by atoms with Gasteiger partial charge in [0.25, 0.3) is 0 Å². The van der Waals surface area contributed by atoms with Crippen LogP contribution in [0.25, 0.3) is 5.53 Å². The van der Waals surface area contributed by atoms with Gasteiger partial charge in [0, 0.05) is 12.8 Å². The molecule has 0 spiro atoms. The molecule has 35 heavy (non-hydrogen) atoms. The van der Waals surface area contributed by atoms with E-state index in [4.69, 9.17) is 9.16 Å². The fraction of sp³-hybridized carbons (Fsp3) is 0.679. The van der Waals surface area contributed by atoms with Gasteiger partial charge in [-0.15, -0.1) is 0 Å². The van der Waals surface area contributed by atoms with Gasteiger partial charge in [-0.1, -0.05) is 77.0 Å². The molecule has 0 rings (SSSR count). The number of ketones is 1. The summed E-state index contributed by atoms with van der Waals surface area (Å²) < 4.78 is 11.5. The molecule has 198 valence electrons. The van der Waals surface area contributed by atoms with E-state index in [1.807, 2.05) is 30.4 Å². The van der Waals surface area contributed by atoms with Crippen LogP contribution in [0.4, 0.5) is 0 Å². The Hall–Kier alpha value is -2.08. The van der Waals surface area contributed by atoms with Crippen LogP contribution < -0.4 is 0 Å². The molecule has 7 heteroatoms. The van der Waals surface area contributed by atoms with Gasteiger partial charge >= 0.3 is 11.7 Å². The number of hydrogen-bond donors (Lipinski definition) is 0. The van der Waals surface area contributed by atoms with E-state index in [0.717, 1.165) is 43.8 Å². The molecule has 0 saturated carbocycles. The Morgan fingerprint density at radius 2 is 1.60 bits per heavy atom. The Morgan fingerprint density at radius 3 is 2.20 bits per heavy atom. The summed E-state index contributed by atoms with van der Waals surface area (Å²) in [6, 6.07) is 2.97. The predicted octanol–water partition coefficient (Wildman–Crippen LogP) is 7.38. The third-order valence-electron chi connectivity index (χ3n) is 6.25. The lowest BCUT2D eigenvalue weighted by Gasteiger charge is -2.31. The molecule has 1 unspecified atom stereocenters. The van der Waals surface area contributed by atoms with Crippen LogP contribution in [0.2, 0.25) is 18.1 Å². The Balaban J connectivity index is 5.12. The van der Waals surface area contributed by atoms with Crippen LogP contribution in [0, 0.1) is 0 Å². The van der Waals surface area contributed by atoms with Crippen LogP contribution in [-0.4, -0.2) is 43.3 Å². The van der Waals surface area contributed by atoms with Crippen LogP contribution in [0.1, 0.15) is 92.4 Å². The van der Waals surface area contributed by atoms with Crippen LogP contribution in [0.15, 0.2) is 36.5 Å². The summed E-state index contributed by atoms with van der Waals surface area (Å²) in [5, 5.41) is 0. The lowest BCUT2D eigenvalue weighted by atomic mass is 10.1. The number of allylic oxidation sites excluding steroid dienone is 5. The first-order valence-electron chi connectivity index (χ1n) is 13.5. The number of esters is 1. The highest BCUT2D eigenvalue weighted by Gasteiger charge is 2.33. The van der Waals surface area contributed by atoms with Gasteiger partial charge in [-0.05, 0) is 50.7 Å². The molecule has 0 aromatic rings. The summed E-state index contributed by atoms with van der Waals surface area (Å²) in [6.07, 6.45) is 18.2. The van der Waals surface area contributed by atoms with E-state index in [1.54, 1.807) is 6.92 Å². The molecule has 1 atom stereocenters. The Labute approximate surface area is 214 Å². The highest BCUT2D eigenvalue weighted by molar-refractivity contribution is 6.73. The van der Waals surface area contributed by atoms with Crippen molar-refractivity contribution in [2.45, 2.75) is 117 Å². The van der Waals surface area contributed by atoms with E-state index < -0.39 is 8.32 Å². The summed E-state index contributed by atoms with van der Waals surface area (Å²) in [6.45, 7) is 10.9. The molecule has 0 bridgehead atoms. The fourth-order valence-corrected chi connectivity index (χ4v) is 6.57. The van der Waals surface area contributed by atoms with E-state index in [2.05, 4.69) is 38.6 Å².